The van der Waals surface area contributed by atoms with Gasteiger partial charge in [-0.15, -0.1) is 0 Å². The Kier molecular flexibility index (Phi) is 5.02. The van der Waals surface area contributed by atoms with E-state index in [0.717, 1.165) is 6.42 Å². The first-order valence-corrected chi connectivity index (χ1v) is 6.78. The van der Waals surface area contributed by atoms with E-state index in [4.69, 9.17) is 21.1 Å². The molecule has 0 heterocycles. The van der Waals surface area contributed by atoms with Crippen LogP contribution in [0.3, 0.4) is 0 Å². The van der Waals surface area contributed by atoms with Gasteiger partial charge in [-0.1, -0.05) is 42.8 Å². The van der Waals surface area contributed by atoms with Gasteiger partial charge in [-0.25, -0.2) is 4.79 Å². The molecule has 0 unspecified atom stereocenters. The average Bonchev–Trinajstić information content (AvgIpc) is 2.47. The van der Waals surface area contributed by atoms with E-state index in [1.165, 1.54) is 0 Å². The smallest absolute Gasteiger partial charge is 0.347 e. The van der Waals surface area contributed by atoms with Crippen LogP contribution in [0.5, 0.6) is 11.5 Å². The summed E-state index contributed by atoms with van der Waals surface area (Å²) in [5, 5.41) is 0.396. The monoisotopic (exact) mass is 290 g/mol. The number of carbonyl (C=O) groups excluding carboxylic acids is 1. The molecule has 0 aliphatic rings. The second kappa shape index (κ2) is 6.96. The lowest BCUT2D eigenvalue weighted by Crippen LogP contribution is -2.11. The zero-order valence-electron chi connectivity index (χ0n) is 11.1. The summed E-state index contributed by atoms with van der Waals surface area (Å²) >= 11 is 5.97. The molecular weight excluding hydrogens is 276 g/mol. The van der Waals surface area contributed by atoms with Crippen LogP contribution in [0.15, 0.2) is 48.5 Å². The molecule has 0 saturated carbocycles. The van der Waals surface area contributed by atoms with Crippen molar-refractivity contribution >= 4 is 17.6 Å². The summed E-state index contributed by atoms with van der Waals surface area (Å²) in [5.74, 6) is 0.376. The number of esters is 1. The van der Waals surface area contributed by atoms with Crippen molar-refractivity contribution in [2.45, 2.75) is 13.3 Å². The zero-order valence-corrected chi connectivity index (χ0v) is 11.9. The minimum absolute atomic E-state index is 0.337. The second-order valence-electron chi connectivity index (χ2n) is 4.16. The average molecular weight is 291 g/mol. The molecule has 0 N–H and O–H groups in total. The molecule has 0 bridgehead atoms. The van der Waals surface area contributed by atoms with Crippen molar-refractivity contribution in [3.63, 3.8) is 0 Å². The van der Waals surface area contributed by atoms with Gasteiger partial charge in [0, 0.05) is 0 Å². The molecule has 0 spiro atoms. The molecule has 104 valence electrons. The Labute approximate surface area is 123 Å². The molecule has 2 aromatic rings. The minimum Gasteiger partial charge on any atom is -0.493 e. The summed E-state index contributed by atoms with van der Waals surface area (Å²) in [7, 11) is 0. The lowest BCUT2D eigenvalue weighted by atomic mass is 10.2. The Bertz CT molecular complexity index is 596. The van der Waals surface area contributed by atoms with Crippen LogP contribution in [-0.2, 0) is 0 Å². The maximum absolute atomic E-state index is 12.2. The van der Waals surface area contributed by atoms with Crippen LogP contribution in [0.2, 0.25) is 5.02 Å². The summed E-state index contributed by atoms with van der Waals surface area (Å²) in [6, 6.07) is 13.9. The Hall–Kier alpha value is -2.00. The van der Waals surface area contributed by atoms with Gasteiger partial charge in [-0.3, -0.25) is 0 Å². The van der Waals surface area contributed by atoms with E-state index in [1.807, 2.05) is 13.0 Å². The van der Waals surface area contributed by atoms with Crippen molar-refractivity contribution in [2.24, 2.45) is 0 Å². The molecule has 0 saturated heterocycles. The van der Waals surface area contributed by atoms with Gasteiger partial charge in [0.1, 0.15) is 17.1 Å². The van der Waals surface area contributed by atoms with E-state index >= 15 is 0 Å². The number of para-hydroxylation sites is 2. The van der Waals surface area contributed by atoms with Crippen molar-refractivity contribution < 1.29 is 14.3 Å². The molecule has 20 heavy (non-hydrogen) atoms. The Balaban J connectivity index is 2.19. The van der Waals surface area contributed by atoms with Gasteiger partial charge >= 0.3 is 5.97 Å². The predicted octanol–water partition coefficient (Wildman–Crippen LogP) is 4.35. The summed E-state index contributed by atoms with van der Waals surface area (Å²) in [5.41, 5.74) is 0.390. The predicted molar refractivity (Wildman–Crippen MR) is 78.6 cm³/mol. The highest BCUT2D eigenvalue weighted by Gasteiger charge is 2.15. The van der Waals surface area contributed by atoms with E-state index in [2.05, 4.69) is 0 Å². The van der Waals surface area contributed by atoms with Crippen molar-refractivity contribution in [3.05, 3.63) is 59.1 Å². The Morgan fingerprint density at radius 1 is 1.05 bits per heavy atom. The van der Waals surface area contributed by atoms with Crippen LogP contribution in [0.25, 0.3) is 0 Å². The highest BCUT2D eigenvalue weighted by molar-refractivity contribution is 6.32. The molecule has 0 atom stereocenters. The fraction of sp³-hybridized carbons (Fsp3) is 0.188. The molecule has 0 amide bonds. The molecule has 3 nitrogen and oxygen atoms in total. The van der Waals surface area contributed by atoms with Crippen molar-refractivity contribution in [1.29, 1.82) is 0 Å². The fourth-order valence-electron chi connectivity index (χ4n) is 1.66. The van der Waals surface area contributed by atoms with Crippen LogP contribution < -0.4 is 9.47 Å². The molecule has 2 rings (SSSR count). The first-order valence-electron chi connectivity index (χ1n) is 6.41. The zero-order chi connectivity index (χ0) is 14.4. The third kappa shape index (κ3) is 3.52. The topological polar surface area (TPSA) is 35.5 Å². The Morgan fingerprint density at radius 3 is 2.40 bits per heavy atom. The normalized spacial score (nSPS) is 10.1. The molecule has 0 aliphatic carbocycles. The number of ether oxygens (including phenoxy) is 2. The fourth-order valence-corrected chi connectivity index (χ4v) is 1.83. The van der Waals surface area contributed by atoms with Gasteiger partial charge in [0.25, 0.3) is 0 Å². The number of benzene rings is 2. The van der Waals surface area contributed by atoms with Crippen molar-refractivity contribution in [2.75, 3.05) is 6.61 Å². The largest absolute Gasteiger partial charge is 0.493 e. The van der Waals surface area contributed by atoms with Gasteiger partial charge in [0.05, 0.1) is 11.6 Å². The quantitative estimate of drug-likeness (QED) is 0.607. The Morgan fingerprint density at radius 2 is 1.70 bits per heavy atom. The minimum atomic E-state index is -0.482. The van der Waals surface area contributed by atoms with E-state index < -0.39 is 5.97 Å². The lowest BCUT2D eigenvalue weighted by Gasteiger charge is -2.10. The maximum Gasteiger partial charge on any atom is 0.347 e. The third-order valence-corrected chi connectivity index (χ3v) is 2.92. The number of carbonyl (C=O) groups is 1. The number of hydrogen-bond donors (Lipinski definition) is 0. The first-order chi connectivity index (χ1) is 9.72. The van der Waals surface area contributed by atoms with Crippen LogP contribution in [0.4, 0.5) is 0 Å². The second-order valence-corrected chi connectivity index (χ2v) is 4.57. The molecule has 4 heteroatoms. The van der Waals surface area contributed by atoms with E-state index in [9.17, 15) is 4.79 Å². The summed E-state index contributed by atoms with van der Waals surface area (Å²) < 4.78 is 10.8. The molecule has 2 aromatic carbocycles. The molecule has 0 fully saturated rings. The van der Waals surface area contributed by atoms with Crippen LogP contribution >= 0.6 is 11.6 Å². The molecule has 0 aliphatic heterocycles. The highest BCUT2D eigenvalue weighted by Crippen LogP contribution is 2.26. The van der Waals surface area contributed by atoms with E-state index in [1.54, 1.807) is 42.5 Å². The molecule has 0 radical (unpaired) electrons. The molecule has 0 aromatic heterocycles. The van der Waals surface area contributed by atoms with E-state index in [0.29, 0.717) is 28.7 Å². The number of hydrogen-bond acceptors (Lipinski definition) is 3. The van der Waals surface area contributed by atoms with E-state index in [-0.39, 0.29) is 0 Å². The number of halogens is 1. The van der Waals surface area contributed by atoms with Crippen molar-refractivity contribution in [1.82, 2.24) is 0 Å². The summed E-state index contributed by atoms with van der Waals surface area (Å²) in [6.07, 6.45) is 0.869. The SMILES string of the molecule is CCCOc1ccccc1C(=O)Oc1ccccc1Cl. The van der Waals surface area contributed by atoms with Gasteiger partial charge in [-0.2, -0.15) is 0 Å². The first kappa shape index (κ1) is 14.4. The lowest BCUT2D eigenvalue weighted by molar-refractivity contribution is 0.0730. The van der Waals surface area contributed by atoms with Crippen LogP contribution in [0.1, 0.15) is 23.7 Å². The van der Waals surface area contributed by atoms with Crippen LogP contribution in [0, 0.1) is 0 Å². The van der Waals surface area contributed by atoms with Gasteiger partial charge < -0.3 is 9.47 Å². The molecular formula is C16H15ClO3. The van der Waals surface area contributed by atoms with Crippen LogP contribution in [-0.4, -0.2) is 12.6 Å². The van der Waals surface area contributed by atoms with Gasteiger partial charge in [0.15, 0.2) is 0 Å². The number of rotatable bonds is 5. The third-order valence-electron chi connectivity index (χ3n) is 2.61. The van der Waals surface area contributed by atoms with Gasteiger partial charge in [-0.05, 0) is 30.7 Å². The standard InChI is InChI=1S/C16H15ClO3/c1-2-11-19-14-9-5-3-7-12(14)16(18)20-15-10-6-4-8-13(15)17/h3-10H,2,11H2,1H3. The van der Waals surface area contributed by atoms with Crippen molar-refractivity contribution in [3.8, 4) is 11.5 Å². The summed E-state index contributed by atoms with van der Waals surface area (Å²) in [6.45, 7) is 2.56. The maximum atomic E-state index is 12.2. The van der Waals surface area contributed by atoms with Gasteiger partial charge in [0.2, 0.25) is 0 Å². The highest BCUT2D eigenvalue weighted by atomic mass is 35.5. The summed E-state index contributed by atoms with van der Waals surface area (Å²) in [4.78, 5) is 12.2.